The van der Waals surface area contributed by atoms with Crippen LogP contribution in [-0.4, -0.2) is 15.9 Å². The molecule has 0 bridgehead atoms. The molecule has 0 atom stereocenters. The Morgan fingerprint density at radius 3 is 3.20 bits per heavy atom. The number of rotatable bonds is 2. The Morgan fingerprint density at radius 2 is 2.70 bits per heavy atom. The van der Waals surface area contributed by atoms with Crippen molar-refractivity contribution in [3.05, 3.63) is 18.2 Å². The van der Waals surface area contributed by atoms with E-state index in [9.17, 15) is 4.79 Å². The second-order valence-corrected chi connectivity index (χ2v) is 1.82. The molecular formula is C5H5ClN2O2. The Balaban J connectivity index is 2.48. The number of aromatic amines is 1. The fourth-order valence-electron chi connectivity index (χ4n) is 0.559. The van der Waals surface area contributed by atoms with Crippen molar-refractivity contribution in [1.82, 2.24) is 9.97 Å². The number of carbonyl (C=O) groups excluding carboxylic acids is 1. The lowest BCUT2D eigenvalue weighted by Gasteiger charge is -1.89. The maximum Gasteiger partial charge on any atom is 0.332 e. The first-order valence-corrected chi connectivity index (χ1v) is 2.93. The molecule has 1 aromatic rings. The number of H-pyrrole nitrogens is 1. The van der Waals surface area contributed by atoms with E-state index in [1.54, 1.807) is 12.4 Å². The van der Waals surface area contributed by atoms with E-state index >= 15 is 0 Å². The Bertz CT molecular complexity index is 209. The molecule has 0 radical (unpaired) electrons. The molecule has 10 heavy (non-hydrogen) atoms. The van der Waals surface area contributed by atoms with Gasteiger partial charge in [-0.25, -0.2) is 4.98 Å². The van der Waals surface area contributed by atoms with E-state index in [0.717, 1.165) is 0 Å². The van der Waals surface area contributed by atoms with Crippen LogP contribution < -0.4 is 0 Å². The van der Waals surface area contributed by atoms with Gasteiger partial charge >= 0.3 is 5.97 Å². The van der Waals surface area contributed by atoms with Crippen LogP contribution in [0.1, 0.15) is 5.82 Å². The number of hydrogen-bond acceptors (Lipinski definition) is 3. The highest BCUT2D eigenvalue weighted by Gasteiger charge is 2.04. The number of hydrogen-bond donors (Lipinski definition) is 1. The fourth-order valence-corrected chi connectivity index (χ4v) is 0.613. The van der Waals surface area contributed by atoms with Gasteiger partial charge in [0.05, 0.1) is 0 Å². The van der Waals surface area contributed by atoms with Gasteiger partial charge < -0.3 is 9.27 Å². The Morgan fingerprint density at radius 1 is 1.90 bits per heavy atom. The maximum atomic E-state index is 10.5. The van der Waals surface area contributed by atoms with Crippen molar-refractivity contribution in [2.24, 2.45) is 0 Å². The van der Waals surface area contributed by atoms with Crippen LogP contribution in [0.4, 0.5) is 0 Å². The summed E-state index contributed by atoms with van der Waals surface area (Å²) in [4.78, 5) is 17.0. The summed E-state index contributed by atoms with van der Waals surface area (Å²) in [5.41, 5.74) is 0. The summed E-state index contributed by atoms with van der Waals surface area (Å²) >= 11 is 4.78. The average molecular weight is 161 g/mol. The minimum Gasteiger partial charge on any atom is -0.348 e. The highest BCUT2D eigenvalue weighted by Crippen LogP contribution is 1.93. The molecule has 0 aliphatic heterocycles. The third-order valence-corrected chi connectivity index (χ3v) is 1.12. The smallest absolute Gasteiger partial charge is 0.332 e. The molecule has 0 amide bonds. The Hall–Kier alpha value is -1.03. The van der Waals surface area contributed by atoms with Gasteiger partial charge in [-0.1, -0.05) is 0 Å². The third kappa shape index (κ3) is 1.73. The van der Waals surface area contributed by atoms with Gasteiger partial charge in [0.2, 0.25) is 0 Å². The van der Waals surface area contributed by atoms with Crippen LogP contribution in [0, 0.1) is 0 Å². The van der Waals surface area contributed by atoms with E-state index in [2.05, 4.69) is 14.3 Å². The first kappa shape index (κ1) is 7.08. The minimum absolute atomic E-state index is 0.0799. The molecule has 0 aliphatic rings. The quantitative estimate of drug-likeness (QED) is 0.691. The van der Waals surface area contributed by atoms with Crippen molar-refractivity contribution in [2.45, 2.75) is 6.42 Å². The minimum atomic E-state index is -0.517. The van der Waals surface area contributed by atoms with Gasteiger partial charge in [-0.15, -0.1) is 0 Å². The molecule has 0 saturated carbocycles. The van der Waals surface area contributed by atoms with Crippen LogP contribution in [0.25, 0.3) is 0 Å². The molecule has 1 aromatic heterocycles. The van der Waals surface area contributed by atoms with Gasteiger partial charge in [-0.05, 0) is 0 Å². The van der Waals surface area contributed by atoms with Crippen LogP contribution >= 0.6 is 11.9 Å². The van der Waals surface area contributed by atoms with E-state index in [-0.39, 0.29) is 6.42 Å². The molecule has 1 heterocycles. The molecule has 0 fully saturated rings. The topological polar surface area (TPSA) is 55.0 Å². The predicted octanol–water partition coefficient (Wildman–Crippen LogP) is 0.649. The van der Waals surface area contributed by atoms with Gasteiger partial charge in [0.15, 0.2) is 0 Å². The zero-order valence-corrected chi connectivity index (χ0v) is 5.76. The molecule has 5 heteroatoms. The first-order valence-electron chi connectivity index (χ1n) is 2.62. The van der Waals surface area contributed by atoms with Gasteiger partial charge in [0.1, 0.15) is 24.1 Å². The maximum absolute atomic E-state index is 10.5. The van der Waals surface area contributed by atoms with Crippen molar-refractivity contribution in [3.8, 4) is 0 Å². The summed E-state index contributed by atoms with van der Waals surface area (Å²) in [5.74, 6) is 0.0299. The summed E-state index contributed by atoms with van der Waals surface area (Å²) in [6.07, 6.45) is 3.25. The molecule has 0 spiro atoms. The van der Waals surface area contributed by atoms with Gasteiger partial charge in [-0.2, -0.15) is 0 Å². The summed E-state index contributed by atoms with van der Waals surface area (Å²) in [5, 5.41) is 0. The second-order valence-electron chi connectivity index (χ2n) is 1.66. The molecule has 1 rings (SSSR count). The molecule has 54 valence electrons. The average Bonchev–Trinajstić information content (AvgIpc) is 2.40. The number of imidazole rings is 1. The summed E-state index contributed by atoms with van der Waals surface area (Å²) in [7, 11) is 0. The number of nitrogens with zero attached hydrogens (tertiary/aromatic N) is 1. The Kier molecular flexibility index (Phi) is 2.28. The normalized spacial score (nSPS) is 9.30. The van der Waals surface area contributed by atoms with Crippen molar-refractivity contribution < 1.29 is 9.08 Å². The van der Waals surface area contributed by atoms with Gasteiger partial charge in [0.25, 0.3) is 0 Å². The SMILES string of the molecule is O=C(Cc1ncc[nH]1)OCl. The van der Waals surface area contributed by atoms with E-state index in [1.807, 2.05) is 0 Å². The van der Waals surface area contributed by atoms with E-state index < -0.39 is 5.97 Å². The number of nitrogens with one attached hydrogen (secondary N) is 1. The van der Waals surface area contributed by atoms with Crippen molar-refractivity contribution >= 4 is 17.8 Å². The molecule has 0 saturated heterocycles. The highest BCUT2D eigenvalue weighted by molar-refractivity contribution is 6.13. The van der Waals surface area contributed by atoms with Crippen LogP contribution in [0.5, 0.6) is 0 Å². The van der Waals surface area contributed by atoms with Crippen LogP contribution in [0.2, 0.25) is 0 Å². The largest absolute Gasteiger partial charge is 0.348 e. The van der Waals surface area contributed by atoms with E-state index in [0.29, 0.717) is 5.82 Å². The first-order chi connectivity index (χ1) is 4.83. The fraction of sp³-hybridized carbons (Fsp3) is 0.200. The molecule has 4 nitrogen and oxygen atoms in total. The van der Waals surface area contributed by atoms with E-state index in [1.165, 1.54) is 0 Å². The zero-order chi connectivity index (χ0) is 7.40. The van der Waals surface area contributed by atoms with Crippen molar-refractivity contribution in [3.63, 3.8) is 0 Å². The molecule has 0 unspecified atom stereocenters. The van der Waals surface area contributed by atoms with Crippen molar-refractivity contribution in [2.75, 3.05) is 0 Å². The van der Waals surface area contributed by atoms with Gasteiger partial charge in [-0.3, -0.25) is 4.79 Å². The van der Waals surface area contributed by atoms with E-state index in [4.69, 9.17) is 11.9 Å². The highest BCUT2D eigenvalue weighted by atomic mass is 35.5. The zero-order valence-electron chi connectivity index (χ0n) is 5.00. The standard InChI is InChI=1S/C5H5ClN2O2/c6-10-5(9)3-4-7-1-2-8-4/h1-2H,3H2,(H,7,8). The van der Waals surface area contributed by atoms with Gasteiger partial charge in [0, 0.05) is 12.4 Å². The molecule has 0 aromatic carbocycles. The molecular weight excluding hydrogens is 156 g/mol. The summed E-state index contributed by atoms with van der Waals surface area (Å²) in [6, 6.07) is 0. The predicted molar refractivity (Wildman–Crippen MR) is 34.2 cm³/mol. The monoisotopic (exact) mass is 160 g/mol. The number of halogens is 1. The summed E-state index contributed by atoms with van der Waals surface area (Å²) < 4.78 is 3.90. The number of carbonyl (C=O) groups is 1. The van der Waals surface area contributed by atoms with Crippen LogP contribution in [-0.2, 0) is 15.5 Å². The molecule has 1 N–H and O–H groups in total. The van der Waals surface area contributed by atoms with Crippen LogP contribution in [0.3, 0.4) is 0 Å². The Labute approximate surface area is 62.3 Å². The number of aromatic nitrogens is 2. The van der Waals surface area contributed by atoms with Crippen molar-refractivity contribution in [1.29, 1.82) is 0 Å². The summed E-state index contributed by atoms with van der Waals surface area (Å²) in [6.45, 7) is 0. The third-order valence-electron chi connectivity index (χ3n) is 0.953. The second kappa shape index (κ2) is 3.22. The lowest BCUT2D eigenvalue weighted by atomic mass is 10.4. The lowest BCUT2D eigenvalue weighted by Crippen LogP contribution is -2.02. The molecule has 0 aliphatic carbocycles. The van der Waals surface area contributed by atoms with Crippen LogP contribution in [0.15, 0.2) is 12.4 Å². The lowest BCUT2D eigenvalue weighted by molar-refractivity contribution is -0.133.